The highest BCUT2D eigenvalue weighted by molar-refractivity contribution is 6.14. The van der Waals surface area contributed by atoms with E-state index >= 15 is 0 Å². The summed E-state index contributed by atoms with van der Waals surface area (Å²) in [4.78, 5) is 14.7. The number of hydrogen-bond acceptors (Lipinski definition) is 3. The summed E-state index contributed by atoms with van der Waals surface area (Å²) in [6.45, 7) is 2.37. The highest BCUT2D eigenvalue weighted by Gasteiger charge is 2.25. The number of aromatic nitrogens is 4. The van der Waals surface area contributed by atoms with Crippen molar-refractivity contribution in [2.24, 2.45) is 0 Å². The molecule has 0 radical (unpaired) electrons. The lowest BCUT2D eigenvalue weighted by atomic mass is 9.77. The monoisotopic (exact) mass is 614 g/mol. The minimum absolute atomic E-state index is 0.381. The van der Waals surface area contributed by atoms with E-state index in [0.717, 1.165) is 62.3 Å². The summed E-state index contributed by atoms with van der Waals surface area (Å²) in [5.74, 6) is 0.381. The molecule has 0 N–H and O–H groups in total. The highest BCUT2D eigenvalue weighted by Crippen LogP contribution is 2.46. The lowest BCUT2D eigenvalue weighted by Crippen LogP contribution is -2.08. The fraction of sp³-hybridized carbons (Fsp3) is 0.0682. The Bertz CT molecular complexity index is 2670. The van der Waals surface area contributed by atoms with Crippen molar-refractivity contribution in [1.29, 1.82) is 0 Å². The van der Waals surface area contributed by atoms with E-state index in [0.29, 0.717) is 5.92 Å². The van der Waals surface area contributed by atoms with Crippen molar-refractivity contribution in [2.75, 3.05) is 0 Å². The van der Waals surface area contributed by atoms with Crippen molar-refractivity contribution in [3.8, 4) is 39.5 Å². The Morgan fingerprint density at radius 1 is 0.583 bits per heavy atom. The third-order valence-corrected chi connectivity index (χ3v) is 10.1. The van der Waals surface area contributed by atoms with Crippen LogP contribution in [-0.4, -0.2) is 19.5 Å². The molecule has 226 valence electrons. The molecule has 48 heavy (non-hydrogen) atoms. The van der Waals surface area contributed by atoms with Crippen LogP contribution in [0.3, 0.4) is 0 Å². The van der Waals surface area contributed by atoms with Gasteiger partial charge in [-0.2, -0.15) is 0 Å². The fourth-order valence-corrected chi connectivity index (χ4v) is 8.01. The van der Waals surface area contributed by atoms with Gasteiger partial charge in [0.1, 0.15) is 0 Å². The molecule has 0 saturated heterocycles. The lowest BCUT2D eigenvalue weighted by molar-refractivity contribution is 0.765. The second-order valence-electron chi connectivity index (χ2n) is 12.9. The van der Waals surface area contributed by atoms with Gasteiger partial charge < -0.3 is 4.57 Å². The first kappa shape index (κ1) is 27.0. The number of pyridine rings is 3. The first-order valence-corrected chi connectivity index (χ1v) is 16.6. The number of rotatable bonds is 4. The van der Waals surface area contributed by atoms with Crippen LogP contribution >= 0.6 is 0 Å². The number of para-hydroxylation sites is 1. The number of fused-ring (bicyclic) bond motifs is 3. The average Bonchev–Trinajstić information content (AvgIpc) is 3.49. The summed E-state index contributed by atoms with van der Waals surface area (Å²) in [7, 11) is 0. The molecule has 0 saturated carbocycles. The van der Waals surface area contributed by atoms with Crippen LogP contribution in [0.1, 0.15) is 24.0 Å². The number of nitrogens with zero attached hydrogens (tertiary/aromatic N) is 4. The summed E-state index contributed by atoms with van der Waals surface area (Å²) in [6.07, 6.45) is 4.74. The lowest BCUT2D eigenvalue weighted by Gasteiger charge is -2.27. The predicted octanol–water partition coefficient (Wildman–Crippen LogP) is 10.9. The van der Waals surface area contributed by atoms with Gasteiger partial charge >= 0.3 is 0 Å². The second-order valence-corrected chi connectivity index (χ2v) is 12.9. The molecule has 1 aliphatic rings. The summed E-state index contributed by atoms with van der Waals surface area (Å²) >= 11 is 0. The molecule has 4 nitrogen and oxygen atoms in total. The maximum absolute atomic E-state index is 5.26. The zero-order valence-corrected chi connectivity index (χ0v) is 26.4. The van der Waals surface area contributed by atoms with Gasteiger partial charge in [-0.15, -0.1) is 0 Å². The zero-order chi connectivity index (χ0) is 31.8. The summed E-state index contributed by atoms with van der Waals surface area (Å²) in [5, 5.41) is 6.54. The first-order chi connectivity index (χ1) is 23.7. The molecule has 0 aliphatic heterocycles. The van der Waals surface area contributed by atoms with E-state index in [9.17, 15) is 0 Å². The van der Waals surface area contributed by atoms with Crippen LogP contribution < -0.4 is 0 Å². The summed E-state index contributed by atoms with van der Waals surface area (Å²) in [5.41, 5.74) is 13.3. The minimum atomic E-state index is 0.381. The Morgan fingerprint density at radius 2 is 1.38 bits per heavy atom. The molecule has 0 spiro atoms. The van der Waals surface area contributed by atoms with Gasteiger partial charge in [0, 0.05) is 29.0 Å². The largest absolute Gasteiger partial charge is 0.308 e. The van der Waals surface area contributed by atoms with Gasteiger partial charge in [0.25, 0.3) is 0 Å². The smallest absolute Gasteiger partial charge is 0.0963 e. The average molecular weight is 615 g/mol. The Balaban J connectivity index is 1.21. The maximum atomic E-state index is 5.26. The van der Waals surface area contributed by atoms with Crippen LogP contribution in [0.2, 0.25) is 0 Å². The summed E-state index contributed by atoms with van der Waals surface area (Å²) in [6, 6.07) is 47.8. The topological polar surface area (TPSA) is 43.6 Å². The molecule has 1 atom stereocenters. The van der Waals surface area contributed by atoms with Crippen LogP contribution in [0.15, 0.2) is 146 Å². The normalized spacial score (nSPS) is 14.1. The van der Waals surface area contributed by atoms with E-state index in [1.54, 1.807) is 0 Å². The standard InChI is InChI=1S/C44H30N4/c1-27-23-31-11-6-9-28-17-18-29-19-20-34(41(27)43(29)42(28)31)32-25-37(47-38(26-32)36-14-4-5-21-45-36)30-10-7-12-33(24-30)48-39-15-3-2-13-35(39)44-40(48)16-8-22-46-44/h2-22,24-27H,23H2,1H3. The van der Waals surface area contributed by atoms with Gasteiger partial charge in [-0.3, -0.25) is 9.97 Å². The van der Waals surface area contributed by atoms with Gasteiger partial charge in [-0.1, -0.05) is 85.8 Å². The van der Waals surface area contributed by atoms with Gasteiger partial charge in [0.15, 0.2) is 0 Å². The molecule has 0 amide bonds. The van der Waals surface area contributed by atoms with Gasteiger partial charge in [0.05, 0.1) is 33.6 Å². The molecule has 0 bridgehead atoms. The number of benzene rings is 5. The van der Waals surface area contributed by atoms with Gasteiger partial charge in [0.2, 0.25) is 0 Å². The maximum Gasteiger partial charge on any atom is 0.0963 e. The molecule has 4 aromatic heterocycles. The minimum Gasteiger partial charge on any atom is -0.308 e. The van der Waals surface area contributed by atoms with Crippen molar-refractivity contribution < 1.29 is 0 Å². The predicted molar refractivity (Wildman–Crippen MR) is 198 cm³/mol. The first-order valence-electron chi connectivity index (χ1n) is 16.6. The molecule has 4 heteroatoms. The molecule has 4 heterocycles. The van der Waals surface area contributed by atoms with Crippen LogP contribution in [0.5, 0.6) is 0 Å². The molecule has 1 unspecified atom stereocenters. The third-order valence-electron chi connectivity index (χ3n) is 10.1. The third kappa shape index (κ3) is 4.06. The highest BCUT2D eigenvalue weighted by atomic mass is 15.0. The fourth-order valence-electron chi connectivity index (χ4n) is 8.01. The Morgan fingerprint density at radius 3 is 2.29 bits per heavy atom. The van der Waals surface area contributed by atoms with Crippen LogP contribution in [0, 0.1) is 0 Å². The quantitative estimate of drug-likeness (QED) is 0.185. The van der Waals surface area contributed by atoms with E-state index in [1.165, 1.54) is 38.2 Å². The molecule has 10 rings (SSSR count). The molecule has 0 fully saturated rings. The van der Waals surface area contributed by atoms with Gasteiger partial charge in [-0.25, -0.2) is 4.98 Å². The molecule has 9 aromatic rings. The number of hydrogen-bond donors (Lipinski definition) is 0. The van der Waals surface area contributed by atoms with Crippen molar-refractivity contribution in [3.63, 3.8) is 0 Å². The van der Waals surface area contributed by atoms with Crippen LogP contribution in [0.25, 0.3) is 82.9 Å². The van der Waals surface area contributed by atoms with Crippen LogP contribution in [-0.2, 0) is 6.42 Å². The Hall–Kier alpha value is -6.13. The molecule has 5 aromatic carbocycles. The Kier molecular flexibility index (Phi) is 5.88. The molecule has 1 aliphatic carbocycles. The van der Waals surface area contributed by atoms with Crippen molar-refractivity contribution in [1.82, 2.24) is 19.5 Å². The second kappa shape index (κ2) is 10.4. The van der Waals surface area contributed by atoms with Crippen molar-refractivity contribution in [2.45, 2.75) is 19.3 Å². The van der Waals surface area contributed by atoms with E-state index < -0.39 is 0 Å². The Labute approximate surface area is 278 Å². The summed E-state index contributed by atoms with van der Waals surface area (Å²) < 4.78 is 2.31. The SMILES string of the molecule is CC1Cc2cccc3ccc4ccc(-c5cc(-c6cccc(-n7c8ccccc8c8ncccc87)c6)nc(-c6ccccn6)c5)c1c4c23. The van der Waals surface area contributed by atoms with E-state index in [1.807, 2.05) is 36.7 Å². The van der Waals surface area contributed by atoms with E-state index in [2.05, 4.69) is 121 Å². The van der Waals surface area contributed by atoms with Crippen LogP contribution in [0.4, 0.5) is 0 Å². The molecular weight excluding hydrogens is 585 g/mol. The van der Waals surface area contributed by atoms with E-state index in [-0.39, 0.29) is 0 Å². The van der Waals surface area contributed by atoms with E-state index in [4.69, 9.17) is 15.0 Å². The van der Waals surface area contributed by atoms with Crippen molar-refractivity contribution >= 4 is 43.5 Å². The van der Waals surface area contributed by atoms with Crippen molar-refractivity contribution in [3.05, 3.63) is 157 Å². The zero-order valence-electron chi connectivity index (χ0n) is 26.4. The molecular formula is C44H30N4. The van der Waals surface area contributed by atoms with Gasteiger partial charge in [-0.05, 0) is 111 Å².